The van der Waals surface area contributed by atoms with E-state index in [1.807, 2.05) is 6.92 Å². The minimum Gasteiger partial charge on any atom is -0.511 e. The number of nitrogens with one attached hydrogen (secondary N) is 3. The Morgan fingerprint density at radius 1 is 1.18 bits per heavy atom. The summed E-state index contributed by atoms with van der Waals surface area (Å²) in [5.41, 5.74) is 20.6. The van der Waals surface area contributed by atoms with Crippen LogP contribution in [0.25, 0.3) is 0 Å². The Morgan fingerprint density at radius 2 is 1.92 bits per heavy atom. The lowest BCUT2D eigenvalue weighted by atomic mass is 9.63. The van der Waals surface area contributed by atoms with Gasteiger partial charge in [-0.3, -0.25) is 15.7 Å². The molecule has 15 heteroatoms. The highest BCUT2D eigenvalue weighted by Crippen LogP contribution is 2.55. The number of nitrogen functional groups attached to an aromatic ring is 2. The maximum absolute atomic E-state index is 12.0. The Bertz CT molecular complexity index is 1700. The van der Waals surface area contributed by atoms with Crippen molar-refractivity contribution in [2.24, 2.45) is 11.6 Å². The summed E-state index contributed by atoms with van der Waals surface area (Å²) in [4.78, 5) is 12.8. The standard InChI is InChI=1S/C35H51N11O3S/c1-20(25-7-5-15-45(25)2)49-28-18-27(42-14-9-23(36)24(37)19-46(41)21-10-16-48-17-11-21)43-34(44-28)30(38)22-6-3-12-35(32(22)47)13-4-8-26-29(35)31(39)33(40)50-26/h9,14,18-21,25,36,38,47H,3-8,10-13,15-17,37,39-41H2,1-2H3,(H,42,43,44)/b14-9-,24-19-,36-23?,38-30?/t20-,25-,35-/m0/s1. The maximum atomic E-state index is 12.0. The Kier molecular flexibility index (Phi) is 10.7. The summed E-state index contributed by atoms with van der Waals surface area (Å²) in [6, 6.07) is 2.02. The topological polar surface area (TPSA) is 235 Å². The maximum Gasteiger partial charge on any atom is 0.219 e. The Hall–Kier alpha value is -4.18. The smallest absolute Gasteiger partial charge is 0.219 e. The number of aliphatic hydroxyl groups is 1. The van der Waals surface area contributed by atoms with E-state index >= 15 is 0 Å². The number of fused-ring (bicyclic) bond motifs is 2. The lowest BCUT2D eigenvalue weighted by Crippen LogP contribution is -2.41. The molecule has 0 unspecified atom stereocenters. The van der Waals surface area contributed by atoms with E-state index in [4.69, 9.17) is 42.9 Å². The van der Waals surface area contributed by atoms with Crippen LogP contribution in [0.2, 0.25) is 0 Å². The quantitative estimate of drug-likeness (QED) is 0.0928. The zero-order chi connectivity index (χ0) is 35.6. The number of aliphatic hydroxyl groups excluding tert-OH is 1. The molecule has 12 N–H and O–H groups in total. The number of rotatable bonds is 11. The number of allylic oxidation sites excluding steroid dienone is 3. The third kappa shape index (κ3) is 7.18. The van der Waals surface area contributed by atoms with Crippen molar-refractivity contribution in [3.05, 3.63) is 57.8 Å². The first-order valence-corrected chi connectivity index (χ1v) is 18.3. The summed E-state index contributed by atoms with van der Waals surface area (Å²) in [6.45, 7) is 4.32. The summed E-state index contributed by atoms with van der Waals surface area (Å²) in [6.07, 6.45) is 12.7. The molecule has 0 radical (unpaired) electrons. The highest BCUT2D eigenvalue weighted by atomic mass is 32.1. The van der Waals surface area contributed by atoms with E-state index < -0.39 is 5.41 Å². The summed E-state index contributed by atoms with van der Waals surface area (Å²) >= 11 is 1.50. The number of aryl methyl sites for hydroxylation is 1. The highest BCUT2D eigenvalue weighted by Gasteiger charge is 2.47. The average Bonchev–Trinajstić information content (AvgIpc) is 3.67. The minimum atomic E-state index is -0.678. The van der Waals surface area contributed by atoms with Crippen molar-refractivity contribution in [2.75, 3.05) is 43.6 Å². The molecular formula is C35H51N11O3S. The van der Waals surface area contributed by atoms with Crippen LogP contribution in [0.5, 0.6) is 5.88 Å². The first-order chi connectivity index (χ1) is 24.0. The normalized spacial score (nSPS) is 24.1. The number of hydrogen-bond donors (Lipinski definition) is 8. The first-order valence-electron chi connectivity index (χ1n) is 17.5. The number of nitrogens with zero attached hydrogens (tertiary/aromatic N) is 4. The minimum absolute atomic E-state index is 0.0367. The second-order valence-corrected chi connectivity index (χ2v) is 15.0. The van der Waals surface area contributed by atoms with E-state index in [2.05, 4.69) is 22.2 Å². The van der Waals surface area contributed by atoms with Crippen LogP contribution >= 0.6 is 11.3 Å². The van der Waals surface area contributed by atoms with Crippen LogP contribution in [0.15, 0.2) is 41.6 Å². The predicted molar refractivity (Wildman–Crippen MR) is 198 cm³/mol. The van der Waals surface area contributed by atoms with Crippen LogP contribution in [0.3, 0.4) is 0 Å². The molecule has 2 aromatic heterocycles. The lowest BCUT2D eigenvalue weighted by molar-refractivity contribution is 0.0492. The van der Waals surface area contributed by atoms with Crippen molar-refractivity contribution < 1.29 is 14.6 Å². The zero-order valence-corrected chi connectivity index (χ0v) is 29.8. The molecule has 4 aliphatic rings. The van der Waals surface area contributed by atoms with Crippen LogP contribution in [-0.2, 0) is 16.6 Å². The molecule has 6 rings (SSSR count). The summed E-state index contributed by atoms with van der Waals surface area (Å²) in [7, 11) is 2.09. The Morgan fingerprint density at radius 3 is 2.64 bits per heavy atom. The van der Waals surface area contributed by atoms with Crippen molar-refractivity contribution in [1.82, 2.24) is 19.9 Å². The number of nitrogens with two attached hydrogens (primary N) is 4. The van der Waals surface area contributed by atoms with Gasteiger partial charge in [-0.25, -0.2) is 10.8 Å². The molecule has 2 aromatic rings. The molecule has 2 saturated heterocycles. The molecule has 1 spiro atoms. The molecule has 14 nitrogen and oxygen atoms in total. The molecule has 270 valence electrons. The second kappa shape index (κ2) is 15.0. The summed E-state index contributed by atoms with van der Waals surface area (Å²) in [5, 5.41) is 35.0. The third-order valence-corrected chi connectivity index (χ3v) is 11.7. The van der Waals surface area contributed by atoms with Gasteiger partial charge < -0.3 is 42.1 Å². The van der Waals surface area contributed by atoms with Crippen LogP contribution in [0.1, 0.15) is 81.0 Å². The largest absolute Gasteiger partial charge is 0.511 e. The van der Waals surface area contributed by atoms with Gasteiger partial charge in [0.1, 0.15) is 28.4 Å². The van der Waals surface area contributed by atoms with Crippen molar-refractivity contribution in [2.45, 2.75) is 94.7 Å². The molecule has 3 atom stereocenters. The van der Waals surface area contributed by atoms with E-state index in [0.29, 0.717) is 47.6 Å². The van der Waals surface area contributed by atoms with Crippen molar-refractivity contribution in [3.63, 3.8) is 0 Å². The SMILES string of the molecule is C[C@H](Oc1cc(N/C=C\C(=N)/C(N)=C/N(N)C2CCOCC2)nc(C(=N)C2=C(O)[C@@]3(CCC2)CCCc2sc(N)c(N)c23)n1)[C@@H]1CCCN1C. The highest BCUT2D eigenvalue weighted by molar-refractivity contribution is 7.16. The average molecular weight is 706 g/mol. The molecule has 4 heterocycles. The molecule has 2 aliphatic heterocycles. The lowest BCUT2D eigenvalue weighted by Gasteiger charge is -2.41. The van der Waals surface area contributed by atoms with Crippen molar-refractivity contribution >= 4 is 39.3 Å². The van der Waals surface area contributed by atoms with Crippen LogP contribution < -0.4 is 33.1 Å². The van der Waals surface area contributed by atoms with Gasteiger partial charge in [0.15, 0.2) is 5.82 Å². The third-order valence-electron chi connectivity index (χ3n) is 10.6. The van der Waals surface area contributed by atoms with Crippen LogP contribution in [0, 0.1) is 10.8 Å². The monoisotopic (exact) mass is 705 g/mol. The molecule has 0 saturated carbocycles. The first kappa shape index (κ1) is 35.6. The van der Waals surface area contributed by atoms with E-state index in [0.717, 1.165) is 74.8 Å². The fraction of sp³-hybridized carbons (Fsp3) is 0.543. The molecule has 50 heavy (non-hydrogen) atoms. The van der Waals surface area contributed by atoms with Gasteiger partial charge in [0.2, 0.25) is 5.88 Å². The Balaban J connectivity index is 1.27. The number of hydrogen-bond acceptors (Lipinski definition) is 15. The number of likely N-dealkylation sites (N-methyl/N-ethyl adjacent to an activating group) is 1. The van der Waals surface area contributed by atoms with E-state index in [1.54, 1.807) is 23.5 Å². The zero-order valence-electron chi connectivity index (χ0n) is 29.0. The van der Waals surface area contributed by atoms with Gasteiger partial charge in [-0.05, 0) is 90.8 Å². The molecular weight excluding hydrogens is 655 g/mol. The summed E-state index contributed by atoms with van der Waals surface area (Å²) < 4.78 is 11.8. The number of ether oxygens (including phenoxy) is 2. The fourth-order valence-corrected chi connectivity index (χ4v) is 9.07. The number of aromatic nitrogens is 2. The number of thiophene rings is 1. The van der Waals surface area contributed by atoms with Gasteiger partial charge in [0.25, 0.3) is 0 Å². The van der Waals surface area contributed by atoms with Gasteiger partial charge in [0, 0.05) is 59.8 Å². The number of anilines is 3. The van der Waals surface area contributed by atoms with Crippen LogP contribution in [-0.4, -0.2) is 81.4 Å². The van der Waals surface area contributed by atoms with E-state index in [1.165, 1.54) is 17.4 Å². The second-order valence-electron chi connectivity index (χ2n) is 13.9. The van der Waals surface area contributed by atoms with Gasteiger partial charge >= 0.3 is 0 Å². The summed E-state index contributed by atoms with van der Waals surface area (Å²) in [5.74, 6) is 7.18. The van der Waals surface area contributed by atoms with Crippen LogP contribution in [0.4, 0.5) is 16.5 Å². The number of likely N-dealkylation sites (tertiary alicyclic amines) is 1. The van der Waals surface area contributed by atoms with Gasteiger partial charge in [-0.15, -0.1) is 11.3 Å². The molecule has 0 amide bonds. The van der Waals surface area contributed by atoms with Gasteiger partial charge in [-0.1, -0.05) is 0 Å². The predicted octanol–water partition coefficient (Wildman–Crippen LogP) is 4.30. The van der Waals surface area contributed by atoms with E-state index in [-0.39, 0.29) is 46.9 Å². The Labute approximate surface area is 297 Å². The van der Waals surface area contributed by atoms with Crippen molar-refractivity contribution in [1.29, 1.82) is 10.8 Å². The van der Waals surface area contributed by atoms with Gasteiger partial charge in [0.05, 0.1) is 22.5 Å². The molecule has 0 bridgehead atoms. The van der Waals surface area contributed by atoms with Gasteiger partial charge in [-0.2, -0.15) is 4.98 Å². The fourth-order valence-electron chi connectivity index (χ4n) is 7.94. The molecule has 0 aromatic carbocycles. The van der Waals surface area contributed by atoms with Crippen molar-refractivity contribution in [3.8, 4) is 5.88 Å². The van der Waals surface area contributed by atoms with E-state index in [9.17, 15) is 10.5 Å². The molecule has 2 fully saturated rings. The molecule has 2 aliphatic carbocycles. The number of hydrazine groups is 1.